The maximum absolute atomic E-state index is 10.1. The van der Waals surface area contributed by atoms with Crippen LogP contribution in [0.5, 0.6) is 0 Å². The minimum atomic E-state index is 0.386. The molecule has 0 bridgehead atoms. The predicted molar refractivity (Wildman–Crippen MR) is 59.2 cm³/mol. The minimum Gasteiger partial charge on any atom is -0.388 e. The van der Waals surface area contributed by atoms with Gasteiger partial charge in [0.2, 0.25) is 0 Å². The van der Waals surface area contributed by atoms with E-state index in [0.717, 1.165) is 11.8 Å². The lowest BCUT2D eigenvalue weighted by molar-refractivity contribution is -0.107. The number of aldehydes is 1. The van der Waals surface area contributed by atoms with Gasteiger partial charge in [0.15, 0.2) is 0 Å². The second-order valence-electron chi connectivity index (χ2n) is 2.53. The summed E-state index contributed by atoms with van der Waals surface area (Å²) in [6.07, 6.45) is 1.22. The first-order valence-electron chi connectivity index (χ1n) is 3.93. The summed E-state index contributed by atoms with van der Waals surface area (Å²) >= 11 is 11.4. The van der Waals surface area contributed by atoms with Gasteiger partial charge in [-0.2, -0.15) is 0 Å². The van der Waals surface area contributed by atoms with Crippen molar-refractivity contribution in [3.05, 3.63) is 33.8 Å². The molecule has 1 aromatic rings. The van der Waals surface area contributed by atoms with E-state index in [1.165, 1.54) is 0 Å². The van der Waals surface area contributed by atoms with Crippen LogP contribution < -0.4 is 0 Å². The third kappa shape index (κ3) is 5.22. The van der Waals surface area contributed by atoms with E-state index in [1.807, 2.05) is 0 Å². The summed E-state index contributed by atoms with van der Waals surface area (Å²) in [7, 11) is 3.25. The van der Waals surface area contributed by atoms with E-state index in [1.54, 1.807) is 32.4 Å². The molecular weight excluding hydrogens is 223 g/mol. The minimum absolute atomic E-state index is 0.386. The molecule has 1 aromatic carbocycles. The average molecular weight is 235 g/mol. The van der Waals surface area contributed by atoms with Gasteiger partial charge in [-0.3, -0.25) is 0 Å². The Labute approximate surface area is 93.8 Å². The molecule has 0 aromatic heterocycles. The van der Waals surface area contributed by atoms with Gasteiger partial charge in [0.1, 0.15) is 6.29 Å². The maximum atomic E-state index is 10.1. The Morgan fingerprint density at radius 2 is 1.86 bits per heavy atom. The topological polar surface area (TPSA) is 26.3 Å². The van der Waals surface area contributed by atoms with Crippen LogP contribution in [0.4, 0.5) is 0 Å². The van der Waals surface area contributed by atoms with E-state index in [4.69, 9.17) is 23.2 Å². The van der Waals surface area contributed by atoms with Crippen LogP contribution in [-0.4, -0.2) is 20.5 Å². The molecule has 0 saturated carbocycles. The smallest absolute Gasteiger partial charge is 0.124 e. The lowest BCUT2D eigenvalue weighted by atomic mass is 10.2. The number of carbonyl (C=O) groups excluding carboxylic acids is 1. The molecule has 0 atom stereocenters. The molecule has 0 amide bonds. The molecule has 0 spiro atoms. The van der Waals surface area contributed by atoms with Crippen molar-refractivity contribution < 1.29 is 9.53 Å². The molecule has 0 unspecified atom stereocenters. The van der Waals surface area contributed by atoms with Gasteiger partial charge in [0.25, 0.3) is 0 Å². The van der Waals surface area contributed by atoms with Gasteiger partial charge in [-0.1, -0.05) is 29.3 Å². The Morgan fingerprint density at radius 1 is 1.29 bits per heavy atom. The molecule has 0 heterocycles. The van der Waals surface area contributed by atoms with E-state index in [2.05, 4.69) is 4.74 Å². The van der Waals surface area contributed by atoms with Gasteiger partial charge < -0.3 is 9.53 Å². The van der Waals surface area contributed by atoms with Crippen LogP contribution in [-0.2, 0) is 16.0 Å². The van der Waals surface area contributed by atoms with Crippen molar-refractivity contribution >= 4 is 29.5 Å². The Bertz CT molecular complexity index is 287. The van der Waals surface area contributed by atoms with Gasteiger partial charge in [-0.05, 0) is 17.7 Å². The van der Waals surface area contributed by atoms with Gasteiger partial charge in [-0.25, -0.2) is 0 Å². The van der Waals surface area contributed by atoms with Crippen LogP contribution in [0.1, 0.15) is 5.56 Å². The van der Waals surface area contributed by atoms with Crippen molar-refractivity contribution in [2.75, 3.05) is 14.2 Å². The number of benzene rings is 1. The van der Waals surface area contributed by atoms with Gasteiger partial charge >= 0.3 is 0 Å². The summed E-state index contributed by atoms with van der Waals surface area (Å²) in [5.74, 6) is 0. The third-order valence-corrected chi connectivity index (χ3v) is 2.04. The van der Waals surface area contributed by atoms with Crippen LogP contribution in [0.15, 0.2) is 18.2 Å². The molecule has 4 heteroatoms. The highest BCUT2D eigenvalue weighted by atomic mass is 35.5. The summed E-state index contributed by atoms with van der Waals surface area (Å²) in [6.45, 7) is 0. The van der Waals surface area contributed by atoms with Gasteiger partial charge in [0.05, 0.1) is 10.0 Å². The molecule has 78 valence electrons. The van der Waals surface area contributed by atoms with E-state index >= 15 is 0 Å². The molecule has 0 aliphatic heterocycles. The summed E-state index contributed by atoms with van der Waals surface area (Å²) in [5, 5.41) is 1.01. The number of rotatable bonds is 2. The molecule has 0 fully saturated rings. The number of hydrogen-bond donors (Lipinski definition) is 0. The molecular formula is C10H12Cl2O2. The zero-order valence-electron chi connectivity index (χ0n) is 8.09. The monoisotopic (exact) mass is 234 g/mol. The molecule has 14 heavy (non-hydrogen) atoms. The third-order valence-electron chi connectivity index (χ3n) is 1.30. The quantitative estimate of drug-likeness (QED) is 0.736. The van der Waals surface area contributed by atoms with E-state index in [0.29, 0.717) is 16.5 Å². The number of ether oxygens (including phenoxy) is 1. The predicted octanol–water partition coefficient (Wildman–Crippen LogP) is 3.00. The van der Waals surface area contributed by atoms with Crippen molar-refractivity contribution in [3.8, 4) is 0 Å². The van der Waals surface area contributed by atoms with Crippen molar-refractivity contribution in [1.82, 2.24) is 0 Å². The highest BCUT2D eigenvalue weighted by molar-refractivity contribution is 6.42. The Hall–Kier alpha value is -0.570. The number of hydrogen-bond acceptors (Lipinski definition) is 2. The van der Waals surface area contributed by atoms with Crippen LogP contribution in [0.2, 0.25) is 10.0 Å². The van der Waals surface area contributed by atoms with Crippen LogP contribution in [0.3, 0.4) is 0 Å². The van der Waals surface area contributed by atoms with Crippen LogP contribution >= 0.6 is 23.2 Å². The largest absolute Gasteiger partial charge is 0.388 e. The molecule has 2 nitrogen and oxygen atoms in total. The number of halogens is 2. The first-order valence-corrected chi connectivity index (χ1v) is 4.69. The fraction of sp³-hybridized carbons (Fsp3) is 0.300. The van der Waals surface area contributed by atoms with Crippen molar-refractivity contribution in [2.45, 2.75) is 6.42 Å². The summed E-state index contributed by atoms with van der Waals surface area (Å²) in [6, 6.07) is 5.16. The normalized spacial score (nSPS) is 8.86. The highest BCUT2D eigenvalue weighted by Gasteiger charge is 1.97. The molecule has 0 N–H and O–H groups in total. The van der Waals surface area contributed by atoms with Gasteiger partial charge in [-0.15, -0.1) is 0 Å². The Balaban J connectivity index is 0.000000500. The van der Waals surface area contributed by atoms with E-state index < -0.39 is 0 Å². The zero-order chi connectivity index (χ0) is 11.0. The lowest BCUT2D eigenvalue weighted by Crippen LogP contribution is -1.84. The molecule has 1 rings (SSSR count). The molecule has 0 aliphatic rings. The molecule has 0 saturated heterocycles. The fourth-order valence-electron chi connectivity index (χ4n) is 0.763. The number of carbonyl (C=O) groups is 1. The molecule has 0 radical (unpaired) electrons. The van der Waals surface area contributed by atoms with Crippen molar-refractivity contribution in [1.29, 1.82) is 0 Å². The molecule has 0 aliphatic carbocycles. The second-order valence-corrected chi connectivity index (χ2v) is 3.34. The fourth-order valence-corrected chi connectivity index (χ4v) is 1.08. The number of methoxy groups -OCH3 is 1. The first kappa shape index (κ1) is 13.4. The van der Waals surface area contributed by atoms with Gasteiger partial charge in [0, 0.05) is 20.6 Å². The standard InChI is InChI=1S/C8H6Cl2O.C2H6O/c9-7-2-1-6(3-4-11)5-8(7)10;1-3-2/h1-2,4-5H,3H2;1-2H3. The first-order chi connectivity index (χ1) is 6.65. The van der Waals surface area contributed by atoms with Crippen molar-refractivity contribution in [2.24, 2.45) is 0 Å². The highest BCUT2D eigenvalue weighted by Crippen LogP contribution is 2.22. The summed E-state index contributed by atoms with van der Waals surface area (Å²) in [4.78, 5) is 10.1. The SMILES string of the molecule is COC.O=CCc1ccc(Cl)c(Cl)c1. The summed E-state index contributed by atoms with van der Waals surface area (Å²) in [5.41, 5.74) is 0.884. The average Bonchev–Trinajstić information content (AvgIpc) is 2.13. The Morgan fingerprint density at radius 3 is 2.29 bits per heavy atom. The zero-order valence-corrected chi connectivity index (χ0v) is 9.60. The van der Waals surface area contributed by atoms with E-state index in [-0.39, 0.29) is 0 Å². The Kier molecular flexibility index (Phi) is 7.48. The second kappa shape index (κ2) is 7.80. The van der Waals surface area contributed by atoms with E-state index in [9.17, 15) is 4.79 Å². The van der Waals surface area contributed by atoms with Crippen LogP contribution in [0.25, 0.3) is 0 Å². The van der Waals surface area contributed by atoms with Crippen LogP contribution in [0, 0.1) is 0 Å². The summed E-state index contributed by atoms with van der Waals surface area (Å²) < 4.78 is 4.25. The lowest BCUT2D eigenvalue weighted by Gasteiger charge is -1.97. The maximum Gasteiger partial charge on any atom is 0.124 e. The van der Waals surface area contributed by atoms with Crippen molar-refractivity contribution in [3.63, 3.8) is 0 Å².